The van der Waals surface area contributed by atoms with Crippen LogP contribution in [0.3, 0.4) is 0 Å². The Hall–Kier alpha value is -3.76. The van der Waals surface area contributed by atoms with Gasteiger partial charge in [-0.2, -0.15) is 13.9 Å². The van der Waals surface area contributed by atoms with Gasteiger partial charge in [-0.15, -0.1) is 0 Å². The van der Waals surface area contributed by atoms with Crippen molar-refractivity contribution in [2.24, 2.45) is 17.8 Å². The topological polar surface area (TPSA) is 137 Å². The normalized spacial score (nSPS) is 21.4. The zero-order valence-electron chi connectivity index (χ0n) is 23.9. The van der Waals surface area contributed by atoms with Gasteiger partial charge in [0, 0.05) is 32.1 Å². The van der Waals surface area contributed by atoms with Crippen molar-refractivity contribution in [2.45, 2.75) is 94.9 Å². The Labute approximate surface area is 252 Å². The molecule has 0 spiro atoms. The number of aromatic nitrogens is 5. The van der Waals surface area contributed by atoms with Crippen molar-refractivity contribution in [2.75, 3.05) is 0 Å². The van der Waals surface area contributed by atoms with Gasteiger partial charge in [0.1, 0.15) is 12.3 Å². The van der Waals surface area contributed by atoms with E-state index in [2.05, 4.69) is 40.4 Å². The summed E-state index contributed by atoms with van der Waals surface area (Å²) in [5, 5.41) is 17.1. The molecular weight excluding hydrogens is 612 g/mol. The second kappa shape index (κ2) is 12.2. The summed E-state index contributed by atoms with van der Waals surface area (Å²) in [7, 11) is 0. The van der Waals surface area contributed by atoms with Gasteiger partial charge in [0.2, 0.25) is 17.8 Å². The maximum absolute atomic E-state index is 14.0. The summed E-state index contributed by atoms with van der Waals surface area (Å²) in [5.74, 6) is -7.34. The van der Waals surface area contributed by atoms with Crippen molar-refractivity contribution in [1.29, 1.82) is 0 Å². The molecule has 3 aliphatic rings. The van der Waals surface area contributed by atoms with Crippen LogP contribution in [0.4, 0.5) is 26.3 Å². The molecule has 3 aromatic heterocycles. The van der Waals surface area contributed by atoms with Crippen LogP contribution in [0, 0.1) is 17.8 Å². The fourth-order valence-corrected chi connectivity index (χ4v) is 6.21. The zero-order chi connectivity index (χ0) is 31.9. The number of nitrogens with one attached hydrogen (secondary N) is 2. The number of hydrogen-bond donors (Lipinski definition) is 2. The number of rotatable bonds is 12. The minimum Gasteiger partial charge on any atom is -0.349 e. The molecule has 45 heavy (non-hydrogen) atoms. The molecule has 3 fully saturated rings. The van der Waals surface area contributed by atoms with Gasteiger partial charge < -0.3 is 15.4 Å². The summed E-state index contributed by atoms with van der Waals surface area (Å²) < 4.78 is 89.9. The van der Waals surface area contributed by atoms with E-state index in [0.717, 1.165) is 12.8 Å². The number of ether oxygens (including phenoxy) is 1. The molecule has 17 heteroatoms. The quantitative estimate of drug-likeness (QED) is 0.259. The first-order chi connectivity index (χ1) is 21.4. The molecule has 0 saturated heterocycles. The predicted octanol–water partition coefficient (Wildman–Crippen LogP) is 5.15. The van der Waals surface area contributed by atoms with Crippen molar-refractivity contribution in [3.8, 4) is 0 Å². The molecule has 3 aromatic rings. The van der Waals surface area contributed by atoms with Crippen molar-refractivity contribution in [1.82, 2.24) is 35.5 Å². The maximum atomic E-state index is 14.0. The molecule has 244 valence electrons. The third-order valence-corrected chi connectivity index (χ3v) is 8.73. The van der Waals surface area contributed by atoms with E-state index in [9.17, 15) is 35.9 Å². The van der Waals surface area contributed by atoms with E-state index in [4.69, 9.17) is 0 Å². The van der Waals surface area contributed by atoms with E-state index in [1.54, 1.807) is 18.5 Å². The number of alkyl halides is 6. The molecule has 0 radical (unpaired) electrons. The van der Waals surface area contributed by atoms with Crippen LogP contribution in [-0.4, -0.2) is 55.2 Å². The third-order valence-electron chi connectivity index (χ3n) is 8.73. The van der Waals surface area contributed by atoms with E-state index >= 15 is 0 Å². The molecule has 3 aliphatic carbocycles. The number of imidazole rings is 1. The van der Waals surface area contributed by atoms with Crippen LogP contribution in [-0.2, 0) is 16.1 Å². The SMILES string of the molecule is O=C(CC1CC(F)(F)C1)N[C@@H](c1cnn2cc([C@@H](NC(=O)c3nonc3COC(F)F)C3CCC(F)(F)CC3)nc2c1)C1CC1. The van der Waals surface area contributed by atoms with E-state index < -0.39 is 42.9 Å². The average Bonchev–Trinajstić information content (AvgIpc) is 3.53. The Kier molecular flexibility index (Phi) is 8.47. The monoisotopic (exact) mass is 643 g/mol. The van der Waals surface area contributed by atoms with Crippen LogP contribution in [0.25, 0.3) is 5.65 Å². The molecule has 2 amide bonds. The molecule has 0 aromatic carbocycles. The molecule has 0 bridgehead atoms. The second-order valence-corrected chi connectivity index (χ2v) is 12.3. The first-order valence-corrected chi connectivity index (χ1v) is 14.8. The van der Waals surface area contributed by atoms with Gasteiger partial charge in [-0.25, -0.2) is 31.7 Å². The lowest BCUT2D eigenvalue weighted by Crippen LogP contribution is -2.39. The Morgan fingerprint density at radius 1 is 1.00 bits per heavy atom. The Balaban J connectivity index is 1.22. The lowest BCUT2D eigenvalue weighted by atomic mass is 9.79. The number of carbonyl (C=O) groups is 2. The summed E-state index contributed by atoms with van der Waals surface area (Å²) >= 11 is 0. The van der Waals surface area contributed by atoms with Crippen molar-refractivity contribution in [3.63, 3.8) is 0 Å². The lowest BCUT2D eigenvalue weighted by Gasteiger charge is -2.34. The smallest absolute Gasteiger partial charge is 0.345 e. The molecule has 0 aliphatic heterocycles. The number of carbonyl (C=O) groups excluding carboxylic acids is 2. The van der Waals surface area contributed by atoms with Crippen LogP contribution in [0.1, 0.15) is 97.3 Å². The van der Waals surface area contributed by atoms with Crippen LogP contribution in [0.2, 0.25) is 0 Å². The summed E-state index contributed by atoms with van der Waals surface area (Å²) in [4.78, 5) is 30.6. The van der Waals surface area contributed by atoms with Gasteiger partial charge in [0.15, 0.2) is 11.3 Å². The first-order valence-electron chi connectivity index (χ1n) is 14.8. The number of hydrogen-bond acceptors (Lipinski definition) is 8. The fraction of sp³-hybridized carbons (Fsp3) is 0.643. The van der Waals surface area contributed by atoms with Gasteiger partial charge in [0.25, 0.3) is 5.91 Å². The maximum Gasteiger partial charge on any atom is 0.345 e. The zero-order valence-corrected chi connectivity index (χ0v) is 23.9. The highest BCUT2D eigenvalue weighted by Crippen LogP contribution is 2.45. The van der Waals surface area contributed by atoms with Gasteiger partial charge in [-0.1, -0.05) is 5.16 Å². The molecule has 2 N–H and O–H groups in total. The minimum absolute atomic E-state index is 0.0147. The second-order valence-electron chi connectivity index (χ2n) is 12.3. The highest BCUT2D eigenvalue weighted by Gasteiger charge is 2.46. The molecule has 3 heterocycles. The third kappa shape index (κ3) is 7.39. The van der Waals surface area contributed by atoms with Crippen molar-refractivity contribution >= 4 is 17.5 Å². The summed E-state index contributed by atoms with van der Waals surface area (Å²) in [6, 6.07) is 0.464. The van der Waals surface area contributed by atoms with Crippen molar-refractivity contribution in [3.05, 3.63) is 41.1 Å². The molecule has 0 unspecified atom stereocenters. The van der Waals surface area contributed by atoms with E-state index in [-0.39, 0.29) is 80.1 Å². The van der Waals surface area contributed by atoms with Crippen LogP contribution < -0.4 is 10.6 Å². The van der Waals surface area contributed by atoms with Crippen LogP contribution in [0.15, 0.2) is 23.1 Å². The van der Waals surface area contributed by atoms with E-state index in [1.165, 1.54) is 4.52 Å². The van der Waals surface area contributed by atoms with Gasteiger partial charge in [-0.05, 0) is 60.2 Å². The molecule has 6 rings (SSSR count). The number of halogens is 6. The van der Waals surface area contributed by atoms with Crippen molar-refractivity contribution < 1.29 is 45.3 Å². The summed E-state index contributed by atoms with van der Waals surface area (Å²) in [6.07, 6.45) is 3.67. The largest absolute Gasteiger partial charge is 0.349 e. The van der Waals surface area contributed by atoms with Crippen LogP contribution >= 0.6 is 0 Å². The minimum atomic E-state index is -3.12. The van der Waals surface area contributed by atoms with Gasteiger partial charge in [-0.3, -0.25) is 9.59 Å². The number of fused-ring (bicyclic) bond motifs is 1. The van der Waals surface area contributed by atoms with Gasteiger partial charge in [0.05, 0.1) is 30.2 Å². The Bertz CT molecular complexity index is 1530. The van der Waals surface area contributed by atoms with E-state index in [1.807, 2.05) is 0 Å². The summed E-state index contributed by atoms with van der Waals surface area (Å²) in [5.41, 5.74) is 0.713. The fourth-order valence-electron chi connectivity index (χ4n) is 6.21. The molecule has 3 saturated carbocycles. The Morgan fingerprint density at radius 2 is 1.71 bits per heavy atom. The number of amides is 2. The van der Waals surface area contributed by atoms with Gasteiger partial charge >= 0.3 is 6.61 Å². The average molecular weight is 644 g/mol. The molecular formula is C28H31F6N7O4. The first kappa shape index (κ1) is 31.2. The highest BCUT2D eigenvalue weighted by atomic mass is 19.3. The summed E-state index contributed by atoms with van der Waals surface area (Å²) in [6.45, 7) is -3.86. The number of nitrogens with zero attached hydrogens (tertiary/aromatic N) is 5. The van der Waals surface area contributed by atoms with Crippen LogP contribution in [0.5, 0.6) is 0 Å². The van der Waals surface area contributed by atoms with E-state index in [0.29, 0.717) is 16.9 Å². The predicted molar refractivity (Wildman–Crippen MR) is 141 cm³/mol. The molecule has 11 nitrogen and oxygen atoms in total. The lowest BCUT2D eigenvalue weighted by molar-refractivity contribution is -0.138. The Morgan fingerprint density at radius 3 is 2.38 bits per heavy atom. The molecule has 2 atom stereocenters. The standard InChI is InChI=1S/C28H31F6N7O4/c29-26(30)44-13-19-24(40-45-39-19)25(43)38-23(16-3-5-27(31,32)6-4-16)18-12-41-20(36-18)8-17(11-35-41)22(15-1-2-15)37-21(42)7-14-9-28(33,34)10-14/h8,11-12,14-16,22-23,26H,1-7,9-10,13H2,(H,37,42)(H,38,43)/t22-,23+/m1/s1. The highest BCUT2D eigenvalue weighted by molar-refractivity contribution is 5.93.